The first-order valence-corrected chi connectivity index (χ1v) is 19.4. The highest BCUT2D eigenvalue weighted by atomic mass is 35.5. The van der Waals surface area contributed by atoms with E-state index in [1.807, 2.05) is 0 Å². The van der Waals surface area contributed by atoms with Gasteiger partial charge in [-0.15, -0.1) is 23.2 Å². The average Bonchev–Trinajstić information content (AvgIpc) is 3.13. The maximum atomic E-state index is 12.3. The van der Waals surface area contributed by atoms with Crippen molar-refractivity contribution in [3.63, 3.8) is 0 Å². The summed E-state index contributed by atoms with van der Waals surface area (Å²) in [6.07, 6.45) is -15.8. The van der Waals surface area contributed by atoms with Crippen LogP contribution in [-0.4, -0.2) is 167 Å². The molecule has 28 heteroatoms. The van der Waals surface area contributed by atoms with Crippen molar-refractivity contribution >= 4 is 94.7 Å². The second-order valence-electron chi connectivity index (χ2n) is 13.4. The minimum atomic E-state index is -1.53. The predicted molar refractivity (Wildman–Crippen MR) is 204 cm³/mol. The SMILES string of the molecule is CC(=O)OC[C@H]1O[C@@H](NC(=O)[C@@H](Cl)CC(=O)O)[C@H](OC(C)=O)[C@@H](OC(C)=O)[C@@H]1OC(C)=O.CC(=O)OC[C@H]1O[C@@H](NC(=O)[C@@H](Cl)CC(=O)O)[C@H](OC(C)=O)[C@@H](OC(C)=O)[C@@H]1OC(C)=O. The highest BCUT2D eigenvalue weighted by Gasteiger charge is 2.54. The van der Waals surface area contributed by atoms with Crippen molar-refractivity contribution in [3.05, 3.63) is 0 Å². The molecule has 2 aliphatic rings. The predicted octanol–water partition coefficient (Wildman–Crippen LogP) is -1.46. The number of halogens is 2. The summed E-state index contributed by atoms with van der Waals surface area (Å²) in [5.74, 6) is -11.1. The number of hydrogen-bond acceptors (Lipinski definition) is 22. The number of carbonyl (C=O) groups excluding carboxylic acids is 10. The van der Waals surface area contributed by atoms with E-state index in [2.05, 4.69) is 10.6 Å². The molecule has 360 valence electrons. The normalized spacial score (nSPS) is 25.6. The maximum absolute atomic E-state index is 12.3. The number of alkyl halides is 2. The Morgan fingerprint density at radius 3 is 0.922 bits per heavy atom. The van der Waals surface area contributed by atoms with Gasteiger partial charge in [0.2, 0.25) is 11.8 Å². The van der Waals surface area contributed by atoms with Gasteiger partial charge in [0.1, 0.15) is 36.2 Å². The number of carboxylic acid groups (broad SMARTS) is 2. The summed E-state index contributed by atoms with van der Waals surface area (Å²) in [6.45, 7) is 7.53. The molecule has 2 rings (SSSR count). The molecule has 2 aliphatic heterocycles. The van der Waals surface area contributed by atoms with E-state index in [1.54, 1.807) is 0 Å². The fraction of sp³-hybridized carbons (Fsp3) is 0.667. The Balaban J connectivity index is 0.000000640. The Hall–Kier alpha value is -5.86. The standard InChI is InChI=1S/2C18H24ClNO12/c2*1-7(21)28-6-12-14(29-8(2)22)15(30-9(3)23)16(31-10(4)24)18(32-12)20-17(27)11(19)5-13(25)26/h2*11-12,14-16,18H,5-6H2,1-4H3,(H,20,27)(H,25,26)/t2*11-,12+,14+,15-,16+,18+/m00/s1. The number of carbonyl (C=O) groups is 12. The van der Waals surface area contributed by atoms with E-state index in [0.29, 0.717) is 0 Å². The number of amides is 2. The summed E-state index contributed by atoms with van der Waals surface area (Å²) in [5, 5.41) is 19.1. The highest BCUT2D eigenvalue weighted by Crippen LogP contribution is 2.30. The second-order valence-corrected chi connectivity index (χ2v) is 14.4. The monoisotopic (exact) mass is 962 g/mol. The van der Waals surface area contributed by atoms with Crippen LogP contribution in [0.1, 0.15) is 68.2 Å². The second kappa shape index (κ2) is 26.7. The Labute approximate surface area is 373 Å². The Morgan fingerprint density at radius 2 is 0.688 bits per heavy atom. The van der Waals surface area contributed by atoms with Crippen LogP contribution in [0.25, 0.3) is 0 Å². The van der Waals surface area contributed by atoms with Gasteiger partial charge in [-0.3, -0.25) is 57.5 Å². The van der Waals surface area contributed by atoms with Gasteiger partial charge in [0.25, 0.3) is 0 Å². The number of esters is 8. The fourth-order valence-corrected chi connectivity index (χ4v) is 6.03. The number of aliphatic carboxylic acids is 2. The number of rotatable bonds is 18. The molecule has 2 heterocycles. The van der Waals surface area contributed by atoms with Gasteiger partial charge in [0.15, 0.2) is 49.1 Å². The first kappa shape index (κ1) is 56.2. The van der Waals surface area contributed by atoms with Crippen LogP contribution in [0.15, 0.2) is 0 Å². The van der Waals surface area contributed by atoms with E-state index in [1.165, 1.54) is 0 Å². The third kappa shape index (κ3) is 20.1. The molecule has 26 nitrogen and oxygen atoms in total. The first-order chi connectivity index (χ1) is 29.6. The lowest BCUT2D eigenvalue weighted by Gasteiger charge is -2.44. The van der Waals surface area contributed by atoms with Gasteiger partial charge in [0, 0.05) is 55.4 Å². The number of hydrogen-bond donors (Lipinski definition) is 4. The fourth-order valence-electron chi connectivity index (χ4n) is 5.64. The van der Waals surface area contributed by atoms with E-state index >= 15 is 0 Å². The van der Waals surface area contributed by atoms with Crippen molar-refractivity contribution in [2.24, 2.45) is 0 Å². The lowest BCUT2D eigenvalue weighted by molar-refractivity contribution is -0.257. The number of nitrogens with one attached hydrogen (secondary N) is 2. The van der Waals surface area contributed by atoms with Crippen molar-refractivity contribution in [2.45, 2.75) is 140 Å². The van der Waals surface area contributed by atoms with E-state index in [0.717, 1.165) is 55.4 Å². The molecule has 0 radical (unpaired) electrons. The molecule has 0 aromatic carbocycles. The third-order valence-corrected chi connectivity index (χ3v) is 8.53. The van der Waals surface area contributed by atoms with Gasteiger partial charge in [-0.2, -0.15) is 0 Å². The summed E-state index contributed by atoms with van der Waals surface area (Å²) in [6, 6.07) is 0. The van der Waals surface area contributed by atoms with Crippen LogP contribution in [0.2, 0.25) is 0 Å². The largest absolute Gasteiger partial charge is 0.481 e. The van der Waals surface area contributed by atoms with E-state index in [4.69, 9.17) is 80.8 Å². The summed E-state index contributed by atoms with van der Waals surface area (Å²) in [7, 11) is 0. The maximum Gasteiger partial charge on any atom is 0.305 e. The van der Waals surface area contributed by atoms with Crippen molar-refractivity contribution < 1.29 is 115 Å². The van der Waals surface area contributed by atoms with Gasteiger partial charge >= 0.3 is 59.7 Å². The summed E-state index contributed by atoms with van der Waals surface area (Å²) < 4.78 is 52.1. The van der Waals surface area contributed by atoms with Crippen molar-refractivity contribution in [1.29, 1.82) is 0 Å². The van der Waals surface area contributed by atoms with Crippen LogP contribution in [0, 0.1) is 0 Å². The van der Waals surface area contributed by atoms with Crippen LogP contribution in [0.4, 0.5) is 0 Å². The zero-order chi connectivity index (χ0) is 49.2. The minimum absolute atomic E-state index is 0.483. The first-order valence-electron chi connectivity index (χ1n) is 18.6. The molecule has 4 N–H and O–H groups in total. The molecule has 0 saturated carbocycles. The smallest absolute Gasteiger partial charge is 0.305 e. The van der Waals surface area contributed by atoms with Crippen molar-refractivity contribution in [3.8, 4) is 0 Å². The lowest BCUT2D eigenvalue weighted by Crippen LogP contribution is -2.66. The highest BCUT2D eigenvalue weighted by molar-refractivity contribution is 6.32. The van der Waals surface area contributed by atoms with Gasteiger partial charge in [-0.25, -0.2) is 0 Å². The Kier molecular flexibility index (Phi) is 23.4. The van der Waals surface area contributed by atoms with Gasteiger partial charge < -0.3 is 68.2 Å². The van der Waals surface area contributed by atoms with Crippen LogP contribution in [-0.2, 0) is 105 Å². The lowest BCUT2D eigenvalue weighted by atomic mass is 9.97. The molecule has 0 aromatic rings. The molecule has 0 spiro atoms. The molecule has 12 atom stereocenters. The molecule has 64 heavy (non-hydrogen) atoms. The van der Waals surface area contributed by atoms with E-state index in [9.17, 15) is 57.5 Å². The number of ether oxygens (including phenoxy) is 10. The molecule has 0 bridgehead atoms. The molecular formula is C36H48Cl2N2O24. The van der Waals surface area contributed by atoms with Gasteiger partial charge in [-0.1, -0.05) is 0 Å². The van der Waals surface area contributed by atoms with Gasteiger partial charge in [0.05, 0.1) is 12.8 Å². The molecule has 2 fully saturated rings. The molecule has 2 saturated heterocycles. The van der Waals surface area contributed by atoms with Crippen LogP contribution >= 0.6 is 23.2 Å². The zero-order valence-electron chi connectivity index (χ0n) is 35.4. The zero-order valence-corrected chi connectivity index (χ0v) is 36.9. The van der Waals surface area contributed by atoms with Crippen LogP contribution in [0.3, 0.4) is 0 Å². The molecule has 0 unspecified atom stereocenters. The quantitative estimate of drug-likeness (QED) is 0.0692. The summed E-state index contributed by atoms with van der Waals surface area (Å²) in [4.78, 5) is 139. The molecule has 0 aromatic heterocycles. The Bertz CT molecular complexity index is 1640. The summed E-state index contributed by atoms with van der Waals surface area (Å²) >= 11 is 11.6. The van der Waals surface area contributed by atoms with Crippen molar-refractivity contribution in [2.75, 3.05) is 13.2 Å². The van der Waals surface area contributed by atoms with E-state index < -0.39 is 170 Å². The van der Waals surface area contributed by atoms with E-state index in [-0.39, 0.29) is 0 Å². The molecular weight excluding hydrogens is 915 g/mol. The van der Waals surface area contributed by atoms with Crippen molar-refractivity contribution in [1.82, 2.24) is 10.6 Å². The molecule has 0 aliphatic carbocycles. The minimum Gasteiger partial charge on any atom is -0.481 e. The topological polar surface area (TPSA) is 362 Å². The Morgan fingerprint density at radius 1 is 0.438 bits per heavy atom. The molecule has 2 amide bonds. The third-order valence-electron chi connectivity index (χ3n) is 7.83. The van der Waals surface area contributed by atoms with Gasteiger partial charge in [-0.05, 0) is 0 Å². The van der Waals surface area contributed by atoms with Crippen LogP contribution in [0.5, 0.6) is 0 Å². The average molecular weight is 964 g/mol. The van der Waals surface area contributed by atoms with Crippen LogP contribution < -0.4 is 10.6 Å². The summed E-state index contributed by atoms with van der Waals surface area (Å²) in [5.41, 5.74) is 0. The number of carboxylic acids is 2.